The Morgan fingerprint density at radius 3 is 2.00 bits per heavy atom. The van der Waals surface area contributed by atoms with Crippen molar-refractivity contribution in [3.63, 3.8) is 0 Å². The van der Waals surface area contributed by atoms with E-state index in [0.717, 1.165) is 19.3 Å². The minimum Gasteiger partial charge on any atom is -0.444 e. The number of aliphatic hydroxyl groups is 1. The average molecular weight is 438 g/mol. The van der Waals surface area contributed by atoms with Crippen molar-refractivity contribution in [3.05, 3.63) is 0 Å². The van der Waals surface area contributed by atoms with Crippen LogP contribution >= 0.6 is 0 Å². The van der Waals surface area contributed by atoms with Gasteiger partial charge in [0.2, 0.25) is 0 Å². The smallest absolute Gasteiger partial charge is 0.412 e. The normalized spacial score (nSPS) is 18.0. The number of rotatable bonds is 13. The number of aliphatic hydroxyl groups excluding tert-OH is 1. The maximum Gasteiger partial charge on any atom is 0.412 e. The number of nitrogens with zero attached hydrogens (tertiary/aromatic N) is 1. The second-order valence-electron chi connectivity index (χ2n) is 10.2. The van der Waals surface area contributed by atoms with Crippen LogP contribution in [0.2, 0.25) is 0 Å². The van der Waals surface area contributed by atoms with E-state index in [1.54, 1.807) is 4.90 Å². The molecular formula is C26H47NO4. The van der Waals surface area contributed by atoms with Crippen LogP contribution in [0.1, 0.15) is 118 Å². The molecule has 1 fully saturated rings. The highest BCUT2D eigenvalue weighted by molar-refractivity contribution is 5.69. The van der Waals surface area contributed by atoms with Crippen molar-refractivity contribution in [2.75, 3.05) is 13.2 Å². The number of carbonyl (C=O) groups is 1. The first kappa shape index (κ1) is 27.8. The summed E-state index contributed by atoms with van der Waals surface area (Å²) in [4.78, 5) is 14.3. The van der Waals surface area contributed by atoms with Gasteiger partial charge in [-0.15, -0.1) is 11.8 Å². The fourth-order valence-electron chi connectivity index (χ4n) is 3.91. The summed E-state index contributed by atoms with van der Waals surface area (Å²) < 4.78 is 11.4. The minimum atomic E-state index is -0.659. The zero-order valence-corrected chi connectivity index (χ0v) is 20.8. The first-order valence-electron chi connectivity index (χ1n) is 12.4. The minimum absolute atomic E-state index is 0.0546. The number of ether oxygens (including phenoxy) is 2. The molecule has 0 aromatic carbocycles. The van der Waals surface area contributed by atoms with Gasteiger partial charge in [-0.2, -0.15) is 0 Å². The van der Waals surface area contributed by atoms with E-state index >= 15 is 0 Å². The Balaban J connectivity index is 2.14. The number of hydrogen-bond acceptors (Lipinski definition) is 4. The lowest BCUT2D eigenvalue weighted by Crippen LogP contribution is -2.49. The molecule has 1 rings (SSSR count). The Bertz CT molecular complexity index is 556. The van der Waals surface area contributed by atoms with Crippen molar-refractivity contribution in [3.8, 4) is 11.8 Å². The maximum absolute atomic E-state index is 12.6. The van der Waals surface area contributed by atoms with Crippen molar-refractivity contribution in [1.29, 1.82) is 0 Å². The molecule has 1 N–H and O–H groups in total. The zero-order chi connectivity index (χ0) is 23.2. The molecule has 0 aliphatic carbocycles. The van der Waals surface area contributed by atoms with E-state index in [1.165, 1.54) is 57.8 Å². The molecule has 31 heavy (non-hydrogen) atoms. The van der Waals surface area contributed by atoms with Gasteiger partial charge in [0.15, 0.2) is 0 Å². The van der Waals surface area contributed by atoms with E-state index in [9.17, 15) is 4.79 Å². The first-order valence-corrected chi connectivity index (χ1v) is 12.4. The van der Waals surface area contributed by atoms with Crippen LogP contribution < -0.4 is 0 Å². The van der Waals surface area contributed by atoms with Crippen LogP contribution in [0, 0.1) is 11.8 Å². The highest BCUT2D eigenvalue weighted by Gasteiger charge is 2.45. The highest BCUT2D eigenvalue weighted by Crippen LogP contribution is 2.30. The molecule has 1 aliphatic rings. The standard InChI is InChI=1S/C26H47NO4/c1-25(2,3)31-24(29)27-23(22-30-26(27,4)5)20-18-16-14-12-10-8-6-7-9-11-13-15-17-19-21-28/h23,28H,6-15,17,19-22H2,1-5H3/t23-/m1/s1. The summed E-state index contributed by atoms with van der Waals surface area (Å²) in [6, 6.07) is -0.0546. The highest BCUT2D eigenvalue weighted by atomic mass is 16.6. The van der Waals surface area contributed by atoms with Crippen molar-refractivity contribution in [2.45, 2.75) is 135 Å². The lowest BCUT2D eigenvalue weighted by molar-refractivity contribution is -0.0622. The van der Waals surface area contributed by atoms with Gasteiger partial charge in [-0.1, -0.05) is 57.8 Å². The Morgan fingerprint density at radius 1 is 0.968 bits per heavy atom. The van der Waals surface area contributed by atoms with E-state index in [0.29, 0.717) is 19.6 Å². The van der Waals surface area contributed by atoms with Gasteiger partial charge in [0.05, 0.1) is 12.6 Å². The molecule has 5 heteroatoms. The Kier molecular flexibility index (Phi) is 13.2. The Hall–Kier alpha value is -1.25. The molecule has 1 aliphatic heterocycles. The van der Waals surface area contributed by atoms with Gasteiger partial charge in [0.1, 0.15) is 11.3 Å². The molecule has 0 aromatic rings. The molecule has 0 aromatic heterocycles. The van der Waals surface area contributed by atoms with E-state index in [1.807, 2.05) is 34.6 Å². The number of hydrogen-bond donors (Lipinski definition) is 1. The summed E-state index contributed by atoms with van der Waals surface area (Å²) in [5.41, 5.74) is -1.18. The monoisotopic (exact) mass is 437 g/mol. The van der Waals surface area contributed by atoms with Crippen LogP contribution in [-0.2, 0) is 9.47 Å². The van der Waals surface area contributed by atoms with Gasteiger partial charge in [-0.3, -0.25) is 4.90 Å². The lowest BCUT2D eigenvalue weighted by Gasteiger charge is -2.34. The quantitative estimate of drug-likeness (QED) is 0.267. The second-order valence-corrected chi connectivity index (χ2v) is 10.2. The molecule has 0 spiro atoms. The molecule has 180 valence electrons. The van der Waals surface area contributed by atoms with Crippen molar-refractivity contribution in [2.24, 2.45) is 0 Å². The van der Waals surface area contributed by atoms with Crippen molar-refractivity contribution < 1.29 is 19.4 Å². The van der Waals surface area contributed by atoms with Crippen molar-refractivity contribution >= 4 is 6.09 Å². The molecule has 0 saturated carbocycles. The first-order chi connectivity index (χ1) is 14.7. The van der Waals surface area contributed by atoms with Crippen LogP contribution in [0.15, 0.2) is 0 Å². The third kappa shape index (κ3) is 12.4. The van der Waals surface area contributed by atoms with Crippen LogP contribution in [0.25, 0.3) is 0 Å². The molecule has 1 amide bonds. The molecule has 0 bridgehead atoms. The summed E-state index contributed by atoms with van der Waals surface area (Å²) in [5, 5.41) is 8.76. The third-order valence-corrected chi connectivity index (χ3v) is 5.59. The van der Waals surface area contributed by atoms with E-state index in [-0.39, 0.29) is 12.1 Å². The van der Waals surface area contributed by atoms with Crippen LogP contribution in [0.4, 0.5) is 4.79 Å². The van der Waals surface area contributed by atoms with Gasteiger partial charge in [0, 0.05) is 19.4 Å². The average Bonchev–Trinajstić information content (AvgIpc) is 2.98. The summed E-state index contributed by atoms with van der Waals surface area (Å²) in [7, 11) is 0. The van der Waals surface area contributed by atoms with E-state index in [2.05, 4.69) is 11.8 Å². The van der Waals surface area contributed by atoms with Gasteiger partial charge in [0.25, 0.3) is 0 Å². The lowest BCUT2D eigenvalue weighted by atomic mass is 10.1. The number of unbranched alkanes of at least 4 members (excludes halogenated alkanes) is 11. The number of carbonyl (C=O) groups excluding carboxylic acids is 1. The Labute approximate surface area is 191 Å². The second kappa shape index (κ2) is 14.7. The van der Waals surface area contributed by atoms with Gasteiger partial charge in [-0.05, 0) is 47.5 Å². The summed E-state index contributed by atoms with van der Waals surface area (Å²) >= 11 is 0. The van der Waals surface area contributed by atoms with E-state index < -0.39 is 11.3 Å². The van der Waals surface area contributed by atoms with Crippen molar-refractivity contribution in [1.82, 2.24) is 4.90 Å². The third-order valence-electron chi connectivity index (χ3n) is 5.59. The van der Waals surface area contributed by atoms with Gasteiger partial charge >= 0.3 is 6.09 Å². The zero-order valence-electron chi connectivity index (χ0n) is 20.8. The molecule has 1 heterocycles. The number of amides is 1. The van der Waals surface area contributed by atoms with E-state index in [4.69, 9.17) is 14.6 Å². The summed E-state index contributed by atoms with van der Waals surface area (Å²) in [6.07, 6.45) is 14.9. The Morgan fingerprint density at radius 2 is 1.48 bits per heavy atom. The largest absolute Gasteiger partial charge is 0.444 e. The fraction of sp³-hybridized carbons (Fsp3) is 0.885. The predicted octanol–water partition coefficient (Wildman–Crippen LogP) is 6.43. The predicted molar refractivity (Wildman–Crippen MR) is 127 cm³/mol. The molecule has 0 unspecified atom stereocenters. The molecular weight excluding hydrogens is 390 g/mol. The molecule has 5 nitrogen and oxygen atoms in total. The SMILES string of the molecule is CC(C)(C)OC(=O)N1[C@H](CC#CCCCCCCCCCCCCCO)COC1(C)C. The van der Waals surface area contributed by atoms with Crippen LogP contribution in [-0.4, -0.2) is 46.7 Å². The van der Waals surface area contributed by atoms with Crippen LogP contribution in [0.5, 0.6) is 0 Å². The van der Waals surface area contributed by atoms with Crippen LogP contribution in [0.3, 0.4) is 0 Å². The molecule has 1 saturated heterocycles. The maximum atomic E-state index is 12.6. The topological polar surface area (TPSA) is 59.0 Å². The van der Waals surface area contributed by atoms with Gasteiger partial charge < -0.3 is 14.6 Å². The van der Waals surface area contributed by atoms with Gasteiger partial charge in [-0.25, -0.2) is 4.79 Å². The molecule has 1 atom stereocenters. The molecule has 0 radical (unpaired) electrons. The summed E-state index contributed by atoms with van der Waals surface area (Å²) in [5.74, 6) is 6.54. The summed E-state index contributed by atoms with van der Waals surface area (Å²) in [6.45, 7) is 10.3. The fourth-order valence-corrected chi connectivity index (χ4v) is 3.91.